The first-order valence-electron chi connectivity index (χ1n) is 1.79. The maximum absolute atomic E-state index is 11.8. The van der Waals surface area contributed by atoms with Crippen molar-refractivity contribution in [3.05, 3.63) is 30.3 Å². The molecule has 1 heterocycles. The van der Waals surface area contributed by atoms with Crippen LogP contribution in [0.5, 0.6) is 0 Å². The normalized spacial score (nSPS) is 8.71. The van der Waals surface area contributed by atoms with Gasteiger partial charge in [0, 0.05) is 18.3 Å². The molecule has 0 spiro atoms. The van der Waals surface area contributed by atoms with E-state index in [9.17, 15) is 4.39 Å². The molecule has 0 atom stereocenters. The standard InChI is InChI=1S/C5H2FN/c6-5-1-3-7-4-2-5/h1,4H. The lowest BCUT2D eigenvalue weighted by Gasteiger charge is -1.76. The number of hydrogen-bond donors (Lipinski definition) is 0. The summed E-state index contributed by atoms with van der Waals surface area (Å²) in [5, 5.41) is 0. The Morgan fingerprint density at radius 2 is 2.57 bits per heavy atom. The Kier molecular flexibility index (Phi) is 1.02. The van der Waals surface area contributed by atoms with Gasteiger partial charge in [-0.3, -0.25) is 4.98 Å². The minimum absolute atomic E-state index is 0.421. The summed E-state index contributed by atoms with van der Waals surface area (Å²) < 4.78 is 11.8. The van der Waals surface area contributed by atoms with E-state index in [4.69, 9.17) is 0 Å². The molecule has 0 aromatic carbocycles. The smallest absolute Gasteiger partial charge is 0.134 e. The Morgan fingerprint density at radius 3 is 2.86 bits per heavy atom. The fourth-order valence-corrected chi connectivity index (χ4v) is 0.267. The molecule has 0 unspecified atom stereocenters. The van der Waals surface area contributed by atoms with Gasteiger partial charge >= 0.3 is 0 Å². The van der Waals surface area contributed by atoms with Crippen LogP contribution in [0.15, 0.2) is 12.3 Å². The van der Waals surface area contributed by atoms with Crippen molar-refractivity contribution in [3.8, 4) is 0 Å². The Hall–Kier alpha value is -0.920. The van der Waals surface area contributed by atoms with Crippen LogP contribution in [0, 0.1) is 18.1 Å². The van der Waals surface area contributed by atoms with E-state index in [-0.39, 0.29) is 0 Å². The molecule has 0 amide bonds. The first-order chi connectivity index (χ1) is 3.39. The third-order valence-corrected chi connectivity index (χ3v) is 0.533. The van der Waals surface area contributed by atoms with Gasteiger partial charge in [-0.15, -0.1) is 0 Å². The van der Waals surface area contributed by atoms with Gasteiger partial charge in [-0.25, -0.2) is 4.39 Å². The summed E-state index contributed by atoms with van der Waals surface area (Å²) in [6.07, 6.45) is 3.54. The third-order valence-electron chi connectivity index (χ3n) is 0.533. The summed E-state index contributed by atoms with van der Waals surface area (Å²) in [5.74, 6) is -0.421. The van der Waals surface area contributed by atoms with Crippen LogP contribution in [-0.2, 0) is 0 Å². The molecule has 1 aromatic rings. The van der Waals surface area contributed by atoms with Crippen LogP contribution in [0.4, 0.5) is 4.39 Å². The molecule has 0 aliphatic carbocycles. The highest BCUT2D eigenvalue weighted by Crippen LogP contribution is 1.86. The van der Waals surface area contributed by atoms with Gasteiger partial charge in [0.25, 0.3) is 0 Å². The van der Waals surface area contributed by atoms with E-state index in [1.807, 2.05) is 0 Å². The maximum atomic E-state index is 11.8. The second kappa shape index (κ2) is 1.69. The van der Waals surface area contributed by atoms with E-state index in [1.54, 1.807) is 0 Å². The molecule has 0 aliphatic rings. The summed E-state index contributed by atoms with van der Waals surface area (Å²) in [6.45, 7) is 0. The zero-order valence-electron chi connectivity index (χ0n) is 3.48. The van der Waals surface area contributed by atoms with E-state index in [1.165, 1.54) is 6.20 Å². The summed E-state index contributed by atoms with van der Waals surface area (Å²) in [7, 11) is 0. The van der Waals surface area contributed by atoms with Gasteiger partial charge in [0.05, 0.1) is 6.20 Å². The summed E-state index contributed by atoms with van der Waals surface area (Å²) in [5.41, 5.74) is 0. The lowest BCUT2D eigenvalue weighted by molar-refractivity contribution is 0.623. The summed E-state index contributed by atoms with van der Waals surface area (Å²) >= 11 is 0. The van der Waals surface area contributed by atoms with Crippen molar-refractivity contribution in [2.45, 2.75) is 0 Å². The Labute approximate surface area is 40.8 Å². The summed E-state index contributed by atoms with van der Waals surface area (Å²) in [6, 6.07) is 3.35. The molecule has 0 saturated carbocycles. The second-order valence-electron chi connectivity index (χ2n) is 1.02. The van der Waals surface area contributed by atoms with Crippen molar-refractivity contribution in [1.82, 2.24) is 4.98 Å². The SMILES string of the molecule is Fc1[c]cn[c]c1. The largest absolute Gasteiger partial charge is 0.254 e. The van der Waals surface area contributed by atoms with Crippen molar-refractivity contribution in [1.29, 1.82) is 0 Å². The molecule has 2 heteroatoms. The fourth-order valence-electron chi connectivity index (χ4n) is 0.267. The number of nitrogens with zero attached hydrogens (tertiary/aromatic N) is 1. The Balaban J connectivity index is 3.02. The first kappa shape index (κ1) is 4.24. The van der Waals surface area contributed by atoms with Gasteiger partial charge in [0.1, 0.15) is 5.82 Å². The number of halogens is 1. The number of aromatic nitrogens is 1. The molecular formula is C5H2FN. The van der Waals surface area contributed by atoms with E-state index in [2.05, 4.69) is 17.2 Å². The van der Waals surface area contributed by atoms with E-state index in [0.29, 0.717) is 0 Å². The number of hydrogen-bond acceptors (Lipinski definition) is 1. The number of pyridine rings is 1. The van der Waals surface area contributed by atoms with Crippen molar-refractivity contribution in [3.63, 3.8) is 0 Å². The molecule has 34 valence electrons. The van der Waals surface area contributed by atoms with E-state index in [0.717, 1.165) is 6.07 Å². The highest BCUT2D eigenvalue weighted by Gasteiger charge is 1.80. The minimum atomic E-state index is -0.421. The van der Waals surface area contributed by atoms with Gasteiger partial charge < -0.3 is 0 Å². The minimum Gasteiger partial charge on any atom is -0.254 e. The zero-order valence-corrected chi connectivity index (χ0v) is 3.48. The van der Waals surface area contributed by atoms with E-state index >= 15 is 0 Å². The van der Waals surface area contributed by atoms with Crippen LogP contribution in [0.1, 0.15) is 0 Å². The third kappa shape index (κ3) is 0.961. The molecule has 1 nitrogen and oxygen atoms in total. The molecule has 0 fully saturated rings. The van der Waals surface area contributed by atoms with Gasteiger partial charge in [0.2, 0.25) is 0 Å². The Morgan fingerprint density at radius 1 is 1.71 bits per heavy atom. The topological polar surface area (TPSA) is 12.9 Å². The van der Waals surface area contributed by atoms with Gasteiger partial charge in [0.15, 0.2) is 0 Å². The molecule has 2 radical (unpaired) electrons. The monoisotopic (exact) mass is 95.0 g/mol. The molecule has 0 aliphatic heterocycles. The molecule has 7 heavy (non-hydrogen) atoms. The molecule has 0 saturated heterocycles. The number of rotatable bonds is 0. The van der Waals surface area contributed by atoms with E-state index < -0.39 is 5.82 Å². The highest BCUT2D eigenvalue weighted by molar-refractivity contribution is 4.89. The molecule has 1 rings (SSSR count). The van der Waals surface area contributed by atoms with Gasteiger partial charge in [-0.2, -0.15) is 0 Å². The Bertz CT molecular complexity index is 138. The zero-order chi connectivity index (χ0) is 5.11. The van der Waals surface area contributed by atoms with Crippen molar-refractivity contribution < 1.29 is 4.39 Å². The van der Waals surface area contributed by atoms with Crippen LogP contribution in [0.3, 0.4) is 0 Å². The highest BCUT2D eigenvalue weighted by atomic mass is 19.1. The molecular weight excluding hydrogens is 93.1 g/mol. The van der Waals surface area contributed by atoms with Crippen molar-refractivity contribution in [2.24, 2.45) is 0 Å². The lowest BCUT2D eigenvalue weighted by Crippen LogP contribution is -1.71. The summed E-state index contributed by atoms with van der Waals surface area (Å²) in [4.78, 5) is 3.42. The van der Waals surface area contributed by atoms with Crippen molar-refractivity contribution >= 4 is 0 Å². The van der Waals surface area contributed by atoms with Crippen LogP contribution in [0.25, 0.3) is 0 Å². The van der Waals surface area contributed by atoms with Crippen molar-refractivity contribution in [2.75, 3.05) is 0 Å². The average Bonchev–Trinajstić information content (AvgIpc) is 1.69. The average molecular weight is 95.1 g/mol. The van der Waals surface area contributed by atoms with Gasteiger partial charge in [-0.05, 0) is 0 Å². The van der Waals surface area contributed by atoms with Crippen LogP contribution >= 0.6 is 0 Å². The fraction of sp³-hybridized carbons (Fsp3) is 0. The first-order valence-corrected chi connectivity index (χ1v) is 1.79. The molecule has 1 aromatic heterocycles. The lowest BCUT2D eigenvalue weighted by atomic mass is 10.5. The quantitative estimate of drug-likeness (QED) is 0.465. The predicted octanol–water partition coefficient (Wildman–Crippen LogP) is 0.821. The maximum Gasteiger partial charge on any atom is 0.134 e. The predicted molar refractivity (Wildman–Crippen MR) is 21.9 cm³/mol. The molecule has 0 N–H and O–H groups in total. The second-order valence-corrected chi connectivity index (χ2v) is 1.02. The van der Waals surface area contributed by atoms with Crippen LogP contribution < -0.4 is 0 Å². The van der Waals surface area contributed by atoms with Gasteiger partial charge in [-0.1, -0.05) is 0 Å². The molecule has 0 bridgehead atoms. The van der Waals surface area contributed by atoms with Crippen LogP contribution in [-0.4, -0.2) is 4.98 Å². The van der Waals surface area contributed by atoms with Crippen LogP contribution in [0.2, 0.25) is 0 Å².